The molecule has 5 rings (SSSR count). The third-order valence-electron chi connectivity index (χ3n) is 7.25. The van der Waals surface area contributed by atoms with Crippen molar-refractivity contribution in [2.45, 2.75) is 80.6 Å². The standard InChI is InChI=1S/C31H36O11S2/c1-20-6-14-24(15-7-20)43(32,33)38-19-26(42-44(34,35)25-16-8-21(2)9-17-25)27-28(29-30(39-27)41-31(3,4)40-29)37-18-22-10-12-23(36-5)13-11-22/h6-17,26-30H,18-19H2,1-5H3/t26?,27-,28-,29?,30?/m1/s1. The van der Waals surface area contributed by atoms with Gasteiger partial charge in [0.05, 0.1) is 30.1 Å². The van der Waals surface area contributed by atoms with Crippen molar-refractivity contribution in [3.63, 3.8) is 0 Å². The molecule has 0 bridgehead atoms. The molecule has 0 spiro atoms. The Labute approximate surface area is 258 Å². The van der Waals surface area contributed by atoms with E-state index in [1.807, 2.05) is 26.0 Å². The molecule has 2 aliphatic heterocycles. The average molecular weight is 649 g/mol. The first-order chi connectivity index (χ1) is 20.8. The molecule has 3 aromatic carbocycles. The first kappa shape index (κ1) is 32.5. The molecule has 11 nitrogen and oxygen atoms in total. The summed E-state index contributed by atoms with van der Waals surface area (Å²) in [4.78, 5) is -0.204. The molecule has 3 aromatic rings. The highest BCUT2D eigenvalue weighted by molar-refractivity contribution is 7.87. The number of ether oxygens (including phenoxy) is 5. The van der Waals surface area contributed by atoms with Gasteiger partial charge in [-0.3, -0.25) is 8.37 Å². The van der Waals surface area contributed by atoms with Crippen LogP contribution in [-0.2, 0) is 54.2 Å². The molecule has 0 radical (unpaired) electrons. The van der Waals surface area contributed by atoms with E-state index in [-0.39, 0.29) is 16.4 Å². The molecule has 3 unspecified atom stereocenters. The van der Waals surface area contributed by atoms with Gasteiger partial charge in [-0.1, -0.05) is 47.5 Å². The van der Waals surface area contributed by atoms with Gasteiger partial charge in [-0.15, -0.1) is 0 Å². The minimum atomic E-state index is -4.40. The smallest absolute Gasteiger partial charge is 0.297 e. The first-order valence-corrected chi connectivity index (χ1v) is 16.8. The Balaban J connectivity index is 1.44. The molecule has 0 saturated carbocycles. The molecule has 0 N–H and O–H groups in total. The fourth-order valence-corrected chi connectivity index (χ4v) is 6.93. The third-order valence-corrected chi connectivity index (χ3v) is 9.90. The summed E-state index contributed by atoms with van der Waals surface area (Å²) in [6.07, 6.45) is -5.25. The summed E-state index contributed by atoms with van der Waals surface area (Å²) in [7, 11) is -7.13. The summed E-state index contributed by atoms with van der Waals surface area (Å²) >= 11 is 0. The summed E-state index contributed by atoms with van der Waals surface area (Å²) in [5.74, 6) is -0.329. The Hall–Kier alpha value is -2.88. The Bertz CT molecular complexity index is 1640. The Morgan fingerprint density at radius 3 is 1.93 bits per heavy atom. The molecule has 0 amide bonds. The quantitative estimate of drug-likeness (QED) is 0.261. The van der Waals surface area contributed by atoms with Crippen LogP contribution in [0.5, 0.6) is 5.75 Å². The Kier molecular flexibility index (Phi) is 9.50. The third kappa shape index (κ3) is 7.49. The van der Waals surface area contributed by atoms with E-state index in [2.05, 4.69) is 0 Å². The van der Waals surface area contributed by atoms with Crippen molar-refractivity contribution >= 4 is 20.2 Å². The minimum Gasteiger partial charge on any atom is -0.497 e. The highest BCUT2D eigenvalue weighted by Gasteiger charge is 2.58. The zero-order valence-electron chi connectivity index (χ0n) is 25.0. The van der Waals surface area contributed by atoms with Gasteiger partial charge in [0, 0.05) is 0 Å². The van der Waals surface area contributed by atoms with Crippen LogP contribution in [0.15, 0.2) is 82.6 Å². The van der Waals surface area contributed by atoms with Crippen LogP contribution >= 0.6 is 0 Å². The number of rotatable bonds is 12. The van der Waals surface area contributed by atoms with Gasteiger partial charge < -0.3 is 23.7 Å². The van der Waals surface area contributed by atoms with Gasteiger partial charge in [-0.05, 0) is 69.7 Å². The topological polar surface area (TPSA) is 133 Å². The highest BCUT2D eigenvalue weighted by atomic mass is 32.2. The lowest BCUT2D eigenvalue weighted by Gasteiger charge is -2.30. The number of fused-ring (bicyclic) bond motifs is 1. The van der Waals surface area contributed by atoms with Crippen LogP contribution in [0.2, 0.25) is 0 Å². The van der Waals surface area contributed by atoms with Crippen LogP contribution < -0.4 is 4.74 Å². The Morgan fingerprint density at radius 1 is 0.795 bits per heavy atom. The van der Waals surface area contributed by atoms with E-state index in [0.29, 0.717) is 5.75 Å². The van der Waals surface area contributed by atoms with Crippen molar-refractivity contribution < 1.29 is 48.9 Å². The minimum absolute atomic E-state index is 0.0897. The normalized spacial score (nSPS) is 23.8. The van der Waals surface area contributed by atoms with Gasteiger partial charge in [0.25, 0.3) is 20.2 Å². The molecule has 238 valence electrons. The van der Waals surface area contributed by atoms with Gasteiger partial charge in [-0.2, -0.15) is 16.8 Å². The Morgan fingerprint density at radius 2 is 1.36 bits per heavy atom. The molecule has 2 aliphatic rings. The van der Waals surface area contributed by atoms with Crippen molar-refractivity contribution in [1.29, 1.82) is 0 Å². The van der Waals surface area contributed by atoms with E-state index in [9.17, 15) is 16.8 Å². The van der Waals surface area contributed by atoms with Crippen LogP contribution in [-0.4, -0.2) is 67.0 Å². The maximum absolute atomic E-state index is 13.4. The van der Waals surface area contributed by atoms with Crippen molar-refractivity contribution in [2.75, 3.05) is 13.7 Å². The molecule has 0 aromatic heterocycles. The van der Waals surface area contributed by atoms with E-state index in [0.717, 1.165) is 16.7 Å². The fourth-order valence-electron chi connectivity index (χ4n) is 4.94. The van der Waals surface area contributed by atoms with Gasteiger partial charge >= 0.3 is 0 Å². The maximum Gasteiger partial charge on any atom is 0.297 e. The maximum atomic E-state index is 13.4. The average Bonchev–Trinajstić information content (AvgIpc) is 3.46. The van der Waals surface area contributed by atoms with E-state index in [4.69, 9.17) is 32.1 Å². The summed E-state index contributed by atoms with van der Waals surface area (Å²) in [5.41, 5.74) is 2.51. The largest absolute Gasteiger partial charge is 0.497 e. The monoisotopic (exact) mass is 648 g/mol. The van der Waals surface area contributed by atoms with Crippen LogP contribution in [0.4, 0.5) is 0 Å². The van der Waals surface area contributed by atoms with Crippen LogP contribution in [0.3, 0.4) is 0 Å². The first-order valence-electron chi connectivity index (χ1n) is 14.0. The molecule has 2 heterocycles. The number of methoxy groups -OCH3 is 1. The lowest BCUT2D eigenvalue weighted by Crippen LogP contribution is -2.46. The van der Waals surface area contributed by atoms with Gasteiger partial charge in [0.1, 0.15) is 30.2 Å². The van der Waals surface area contributed by atoms with Crippen molar-refractivity contribution in [3.05, 3.63) is 89.5 Å². The van der Waals surface area contributed by atoms with Gasteiger partial charge in [0.2, 0.25) is 0 Å². The number of benzene rings is 3. The molecule has 13 heteroatoms. The van der Waals surface area contributed by atoms with Crippen molar-refractivity contribution in [3.8, 4) is 5.75 Å². The summed E-state index contributed by atoms with van der Waals surface area (Å²) in [6.45, 7) is 6.48. The number of hydrogen-bond donors (Lipinski definition) is 0. The molecule has 2 fully saturated rings. The summed E-state index contributed by atoms with van der Waals surface area (Å²) in [5, 5.41) is 0. The molecule has 0 aliphatic carbocycles. The second-order valence-electron chi connectivity index (χ2n) is 11.1. The predicted molar refractivity (Wildman–Crippen MR) is 158 cm³/mol. The molecule has 44 heavy (non-hydrogen) atoms. The van der Waals surface area contributed by atoms with Crippen molar-refractivity contribution in [1.82, 2.24) is 0 Å². The summed E-state index contributed by atoms with van der Waals surface area (Å²) < 4.78 is 93.8. The number of hydrogen-bond acceptors (Lipinski definition) is 11. The second kappa shape index (κ2) is 12.9. The SMILES string of the molecule is COc1ccc(CO[C@H]2C3OC(C)(C)OC3O[C@@H]2C(COS(=O)(=O)c2ccc(C)cc2)OS(=O)(=O)c2ccc(C)cc2)cc1. The van der Waals surface area contributed by atoms with E-state index in [1.165, 1.54) is 24.3 Å². The van der Waals surface area contributed by atoms with E-state index in [1.54, 1.807) is 57.4 Å². The zero-order valence-corrected chi connectivity index (χ0v) is 26.7. The summed E-state index contributed by atoms with van der Waals surface area (Å²) in [6, 6.07) is 19.4. The second-order valence-corrected chi connectivity index (χ2v) is 14.3. The predicted octanol–water partition coefficient (Wildman–Crippen LogP) is 4.25. The van der Waals surface area contributed by atoms with Gasteiger partial charge in [0.15, 0.2) is 12.1 Å². The zero-order chi connectivity index (χ0) is 31.7. The fraction of sp³-hybridized carbons (Fsp3) is 0.419. The van der Waals surface area contributed by atoms with Crippen LogP contribution in [0, 0.1) is 13.8 Å². The van der Waals surface area contributed by atoms with Crippen molar-refractivity contribution in [2.24, 2.45) is 0 Å². The van der Waals surface area contributed by atoms with E-state index < -0.39 is 63.3 Å². The molecular formula is C31H36O11S2. The highest BCUT2D eigenvalue weighted by Crippen LogP contribution is 2.41. The molecular weight excluding hydrogens is 612 g/mol. The van der Waals surface area contributed by atoms with Crippen LogP contribution in [0.25, 0.3) is 0 Å². The number of aryl methyl sites for hydroxylation is 2. The van der Waals surface area contributed by atoms with Crippen LogP contribution in [0.1, 0.15) is 30.5 Å². The van der Waals surface area contributed by atoms with Gasteiger partial charge in [-0.25, -0.2) is 0 Å². The molecule has 5 atom stereocenters. The molecule has 2 saturated heterocycles. The lowest BCUT2D eigenvalue weighted by atomic mass is 10.1. The van der Waals surface area contributed by atoms with E-state index >= 15 is 0 Å². The lowest BCUT2D eigenvalue weighted by molar-refractivity contribution is -0.229.